The summed E-state index contributed by atoms with van der Waals surface area (Å²) in [5.74, 6) is 0.840. The van der Waals surface area contributed by atoms with Gasteiger partial charge in [0.1, 0.15) is 5.82 Å². The third-order valence-corrected chi connectivity index (χ3v) is 2.72. The summed E-state index contributed by atoms with van der Waals surface area (Å²) in [5.41, 5.74) is 6.51. The summed E-state index contributed by atoms with van der Waals surface area (Å²) < 4.78 is 5.07. The second-order valence-electron chi connectivity index (χ2n) is 3.57. The molecule has 1 aromatic rings. The molecule has 5 heteroatoms. The van der Waals surface area contributed by atoms with E-state index in [4.69, 9.17) is 22.1 Å². The number of anilines is 1. The molecule has 1 aromatic heterocycles. The fraction of sp³-hybridized carbons (Fsp3) is 0.417. The summed E-state index contributed by atoms with van der Waals surface area (Å²) >= 11 is 5.98. The van der Waals surface area contributed by atoms with Crippen molar-refractivity contribution in [3.8, 4) is 0 Å². The summed E-state index contributed by atoms with van der Waals surface area (Å²) in [6.07, 6.45) is 3.45. The van der Waals surface area contributed by atoms with E-state index < -0.39 is 0 Å². The molecular weight excluding hydrogens is 238 g/mol. The van der Waals surface area contributed by atoms with Gasteiger partial charge in [-0.25, -0.2) is 4.98 Å². The van der Waals surface area contributed by atoms with E-state index in [0.717, 1.165) is 17.9 Å². The first-order valence-electron chi connectivity index (χ1n) is 5.42. The Balaban J connectivity index is 2.88. The minimum absolute atomic E-state index is 0.403. The number of ether oxygens (including phenoxy) is 1. The van der Waals surface area contributed by atoms with Gasteiger partial charge in [-0.2, -0.15) is 0 Å². The van der Waals surface area contributed by atoms with Gasteiger partial charge in [0.2, 0.25) is 0 Å². The molecule has 0 radical (unpaired) electrons. The van der Waals surface area contributed by atoms with Crippen molar-refractivity contribution in [2.24, 2.45) is 5.73 Å². The van der Waals surface area contributed by atoms with Crippen molar-refractivity contribution in [2.45, 2.75) is 6.54 Å². The van der Waals surface area contributed by atoms with Crippen LogP contribution in [0.1, 0.15) is 5.56 Å². The molecule has 0 unspecified atom stereocenters. The second-order valence-corrected chi connectivity index (χ2v) is 3.97. The van der Waals surface area contributed by atoms with Crippen LogP contribution in [0.3, 0.4) is 0 Å². The monoisotopic (exact) mass is 255 g/mol. The van der Waals surface area contributed by atoms with Gasteiger partial charge in [0, 0.05) is 32.9 Å². The predicted molar refractivity (Wildman–Crippen MR) is 71.4 cm³/mol. The number of nitrogens with two attached hydrogens (primary N) is 1. The molecule has 0 aliphatic heterocycles. The predicted octanol–water partition coefficient (Wildman–Crippen LogP) is 1.83. The Labute approximate surface area is 107 Å². The Hall–Kier alpha value is -1.10. The molecule has 94 valence electrons. The average Bonchev–Trinajstić information content (AvgIpc) is 2.35. The number of aromatic nitrogens is 1. The van der Waals surface area contributed by atoms with E-state index >= 15 is 0 Å². The topological polar surface area (TPSA) is 51.4 Å². The molecule has 0 bridgehead atoms. The fourth-order valence-electron chi connectivity index (χ4n) is 1.45. The number of methoxy groups -OCH3 is 1. The molecule has 0 saturated carbocycles. The molecule has 4 nitrogen and oxygen atoms in total. The molecule has 17 heavy (non-hydrogen) atoms. The van der Waals surface area contributed by atoms with E-state index in [2.05, 4.69) is 16.5 Å². The number of nitrogens with zero attached hydrogens (tertiary/aromatic N) is 2. The first kappa shape index (κ1) is 14.0. The van der Waals surface area contributed by atoms with E-state index in [1.54, 1.807) is 13.3 Å². The largest absolute Gasteiger partial charge is 0.383 e. The van der Waals surface area contributed by atoms with Gasteiger partial charge in [0.15, 0.2) is 0 Å². The highest BCUT2D eigenvalue weighted by molar-refractivity contribution is 6.31. The summed E-state index contributed by atoms with van der Waals surface area (Å²) in [5, 5.41) is 0.599. The van der Waals surface area contributed by atoms with Crippen LogP contribution in [0.4, 0.5) is 5.82 Å². The molecule has 0 aromatic carbocycles. The molecule has 0 aliphatic carbocycles. The molecule has 0 saturated heterocycles. The van der Waals surface area contributed by atoms with Gasteiger partial charge in [0.25, 0.3) is 0 Å². The Bertz CT molecular complexity index is 371. The molecule has 0 atom stereocenters. The normalized spacial score (nSPS) is 10.3. The van der Waals surface area contributed by atoms with Gasteiger partial charge < -0.3 is 15.4 Å². The molecule has 1 heterocycles. The van der Waals surface area contributed by atoms with Crippen LogP contribution < -0.4 is 10.6 Å². The van der Waals surface area contributed by atoms with E-state index in [9.17, 15) is 0 Å². The van der Waals surface area contributed by atoms with Gasteiger partial charge in [-0.05, 0) is 11.6 Å². The van der Waals surface area contributed by atoms with Crippen LogP contribution in [0, 0.1) is 0 Å². The van der Waals surface area contributed by atoms with Crippen LogP contribution in [-0.4, -0.2) is 31.8 Å². The van der Waals surface area contributed by atoms with E-state index in [1.807, 2.05) is 12.1 Å². The van der Waals surface area contributed by atoms with Gasteiger partial charge >= 0.3 is 0 Å². The number of hydrogen-bond donors (Lipinski definition) is 1. The number of hydrogen-bond acceptors (Lipinski definition) is 4. The highest BCUT2D eigenvalue weighted by Gasteiger charge is 2.08. The Morgan fingerprint density at radius 3 is 3.00 bits per heavy atom. The highest BCUT2D eigenvalue weighted by atomic mass is 35.5. The lowest BCUT2D eigenvalue weighted by Gasteiger charge is -2.22. The Kier molecular flexibility index (Phi) is 5.97. The SMILES string of the molecule is C=CCN(CCOC)c1cc(CN)c(Cl)cn1. The van der Waals surface area contributed by atoms with E-state index in [1.165, 1.54) is 0 Å². The summed E-state index contributed by atoms with van der Waals surface area (Å²) in [4.78, 5) is 6.36. The second kappa shape index (κ2) is 7.27. The minimum Gasteiger partial charge on any atom is -0.383 e. The first-order chi connectivity index (χ1) is 8.22. The zero-order chi connectivity index (χ0) is 12.7. The fourth-order valence-corrected chi connectivity index (χ4v) is 1.63. The zero-order valence-corrected chi connectivity index (χ0v) is 10.8. The van der Waals surface area contributed by atoms with Crippen molar-refractivity contribution >= 4 is 17.4 Å². The van der Waals surface area contributed by atoms with Gasteiger partial charge in [-0.3, -0.25) is 0 Å². The highest BCUT2D eigenvalue weighted by Crippen LogP contribution is 2.19. The van der Waals surface area contributed by atoms with Crippen molar-refractivity contribution < 1.29 is 4.74 Å². The van der Waals surface area contributed by atoms with Gasteiger partial charge in [-0.1, -0.05) is 17.7 Å². The van der Waals surface area contributed by atoms with E-state index in [-0.39, 0.29) is 0 Å². The molecule has 0 fully saturated rings. The standard InChI is InChI=1S/C12H18ClN3O/c1-3-4-16(5-6-17-2)12-7-10(8-14)11(13)9-15-12/h3,7,9H,1,4-6,8,14H2,2H3. The van der Waals surface area contributed by atoms with Gasteiger partial charge in [0.05, 0.1) is 11.6 Å². The summed E-state index contributed by atoms with van der Waals surface area (Å²) in [6.45, 7) is 6.23. The number of rotatable bonds is 7. The maximum absolute atomic E-state index is 5.98. The van der Waals surface area contributed by atoms with E-state index in [0.29, 0.717) is 24.7 Å². The lowest BCUT2D eigenvalue weighted by Crippen LogP contribution is -2.28. The third kappa shape index (κ3) is 4.00. The van der Waals surface area contributed by atoms with Crippen LogP contribution in [0.5, 0.6) is 0 Å². The van der Waals surface area contributed by atoms with Gasteiger partial charge in [-0.15, -0.1) is 6.58 Å². The van der Waals surface area contributed by atoms with Crippen LogP contribution in [0.15, 0.2) is 24.9 Å². The lowest BCUT2D eigenvalue weighted by molar-refractivity contribution is 0.205. The van der Waals surface area contributed by atoms with Crippen LogP contribution in [-0.2, 0) is 11.3 Å². The van der Waals surface area contributed by atoms with Crippen molar-refractivity contribution in [2.75, 3.05) is 31.7 Å². The minimum atomic E-state index is 0.403. The zero-order valence-electron chi connectivity index (χ0n) is 10.0. The number of pyridine rings is 1. The average molecular weight is 256 g/mol. The Morgan fingerprint density at radius 1 is 1.65 bits per heavy atom. The molecular formula is C12H18ClN3O. The third-order valence-electron chi connectivity index (χ3n) is 2.38. The molecule has 1 rings (SSSR count). The molecule has 0 amide bonds. The summed E-state index contributed by atoms with van der Waals surface area (Å²) in [6, 6.07) is 1.90. The first-order valence-corrected chi connectivity index (χ1v) is 5.80. The van der Waals surface area contributed by atoms with Crippen molar-refractivity contribution in [1.29, 1.82) is 0 Å². The summed E-state index contributed by atoms with van der Waals surface area (Å²) in [7, 11) is 1.67. The molecule has 0 spiro atoms. The quantitative estimate of drug-likeness (QED) is 0.756. The van der Waals surface area contributed by atoms with Crippen molar-refractivity contribution in [1.82, 2.24) is 4.98 Å². The molecule has 2 N–H and O–H groups in total. The van der Waals surface area contributed by atoms with Crippen LogP contribution in [0.25, 0.3) is 0 Å². The number of halogens is 1. The maximum atomic E-state index is 5.98. The van der Waals surface area contributed by atoms with Crippen molar-refractivity contribution in [3.05, 3.63) is 35.5 Å². The molecule has 0 aliphatic rings. The Morgan fingerprint density at radius 2 is 2.41 bits per heavy atom. The van der Waals surface area contributed by atoms with Crippen LogP contribution in [0.2, 0.25) is 5.02 Å². The lowest BCUT2D eigenvalue weighted by atomic mass is 10.2. The van der Waals surface area contributed by atoms with Crippen molar-refractivity contribution in [3.63, 3.8) is 0 Å². The smallest absolute Gasteiger partial charge is 0.129 e. The maximum Gasteiger partial charge on any atom is 0.129 e. The van der Waals surface area contributed by atoms with Crippen LogP contribution >= 0.6 is 11.6 Å².